The molecule has 0 aromatic carbocycles. The van der Waals surface area contributed by atoms with E-state index in [9.17, 15) is 4.79 Å². The number of amides is 1. The molecule has 15 heavy (non-hydrogen) atoms. The van der Waals surface area contributed by atoms with Crippen molar-refractivity contribution in [2.24, 2.45) is 23.7 Å². The van der Waals surface area contributed by atoms with Gasteiger partial charge >= 0.3 is 0 Å². The molecule has 0 radical (unpaired) electrons. The molecule has 86 valence electrons. The zero-order valence-electron chi connectivity index (χ0n) is 9.57. The van der Waals surface area contributed by atoms with E-state index in [0.717, 1.165) is 0 Å². The van der Waals surface area contributed by atoms with Gasteiger partial charge in [0.25, 0.3) is 0 Å². The second-order valence-electron chi connectivity index (χ2n) is 5.33. The van der Waals surface area contributed by atoms with E-state index in [4.69, 9.17) is 5.11 Å². The van der Waals surface area contributed by atoms with Gasteiger partial charge in [-0.25, -0.2) is 0 Å². The average molecular weight is 211 g/mol. The zero-order chi connectivity index (χ0) is 11.0. The molecule has 0 aromatic rings. The molecule has 2 rings (SSSR count). The van der Waals surface area contributed by atoms with Gasteiger partial charge < -0.3 is 10.4 Å². The van der Waals surface area contributed by atoms with E-state index >= 15 is 0 Å². The van der Waals surface area contributed by atoms with Crippen LogP contribution in [-0.4, -0.2) is 23.7 Å². The predicted molar refractivity (Wildman–Crippen MR) is 58.2 cm³/mol. The van der Waals surface area contributed by atoms with E-state index in [1.54, 1.807) is 0 Å². The molecule has 0 aromatic heterocycles. The van der Waals surface area contributed by atoms with Crippen molar-refractivity contribution in [1.82, 2.24) is 5.32 Å². The Kier molecular flexibility index (Phi) is 3.01. The Labute approximate surface area is 91.2 Å². The van der Waals surface area contributed by atoms with Gasteiger partial charge in [-0.2, -0.15) is 0 Å². The summed E-state index contributed by atoms with van der Waals surface area (Å²) in [6, 6.07) is -0.0705. The molecule has 2 aliphatic rings. The van der Waals surface area contributed by atoms with Gasteiger partial charge in [0, 0.05) is 5.92 Å². The summed E-state index contributed by atoms with van der Waals surface area (Å²) in [6.07, 6.45) is 3.76. The fourth-order valence-electron chi connectivity index (χ4n) is 2.91. The maximum atomic E-state index is 11.9. The Bertz CT molecular complexity index is 242. The van der Waals surface area contributed by atoms with Crippen molar-refractivity contribution in [2.75, 3.05) is 6.61 Å². The maximum absolute atomic E-state index is 11.9. The minimum absolute atomic E-state index is 0.0471. The third-order valence-electron chi connectivity index (χ3n) is 4.04. The van der Waals surface area contributed by atoms with Crippen molar-refractivity contribution in [3.63, 3.8) is 0 Å². The third-order valence-corrected chi connectivity index (χ3v) is 4.04. The van der Waals surface area contributed by atoms with Crippen LogP contribution in [0.25, 0.3) is 0 Å². The largest absolute Gasteiger partial charge is 0.394 e. The normalized spacial score (nSPS) is 35.1. The van der Waals surface area contributed by atoms with Gasteiger partial charge in [0.2, 0.25) is 5.91 Å². The molecule has 2 aliphatic carbocycles. The molecule has 3 nitrogen and oxygen atoms in total. The standard InChI is InChI=1S/C12H21NO2/c1-7(2)10(6-14)13-12(15)11-8-4-3-5-9(8)11/h7-11,14H,3-6H2,1-2H3,(H,13,15). The summed E-state index contributed by atoms with van der Waals surface area (Å²) in [6.45, 7) is 4.09. The van der Waals surface area contributed by atoms with E-state index in [1.807, 2.05) is 13.8 Å². The summed E-state index contributed by atoms with van der Waals surface area (Å²) in [5.74, 6) is 2.08. The first-order chi connectivity index (χ1) is 7.15. The summed E-state index contributed by atoms with van der Waals surface area (Å²) in [4.78, 5) is 11.9. The van der Waals surface area contributed by atoms with Crippen LogP contribution in [0.2, 0.25) is 0 Å². The first kappa shape index (κ1) is 10.9. The fraction of sp³-hybridized carbons (Fsp3) is 0.917. The van der Waals surface area contributed by atoms with E-state index < -0.39 is 0 Å². The molecular formula is C12H21NO2. The lowest BCUT2D eigenvalue weighted by Gasteiger charge is -2.20. The van der Waals surface area contributed by atoms with E-state index in [1.165, 1.54) is 19.3 Å². The molecule has 2 fully saturated rings. The Morgan fingerprint density at radius 1 is 1.40 bits per heavy atom. The second kappa shape index (κ2) is 4.12. The zero-order valence-corrected chi connectivity index (χ0v) is 9.57. The highest BCUT2D eigenvalue weighted by molar-refractivity contribution is 5.82. The summed E-state index contributed by atoms with van der Waals surface area (Å²) in [5, 5.41) is 12.1. The molecule has 2 N–H and O–H groups in total. The molecular weight excluding hydrogens is 190 g/mol. The van der Waals surface area contributed by atoms with E-state index in [-0.39, 0.29) is 24.5 Å². The predicted octanol–water partition coefficient (Wildman–Crippen LogP) is 1.17. The van der Waals surface area contributed by atoms with E-state index in [2.05, 4.69) is 5.32 Å². The smallest absolute Gasteiger partial charge is 0.223 e. The van der Waals surface area contributed by atoms with Crippen LogP contribution in [0, 0.1) is 23.7 Å². The van der Waals surface area contributed by atoms with Gasteiger partial charge in [0.05, 0.1) is 12.6 Å². The number of fused-ring (bicyclic) bond motifs is 1. The Morgan fingerprint density at radius 2 is 2.00 bits per heavy atom. The molecule has 0 aliphatic heterocycles. The number of rotatable bonds is 4. The fourth-order valence-corrected chi connectivity index (χ4v) is 2.91. The number of aliphatic hydroxyl groups is 1. The van der Waals surface area contributed by atoms with Crippen LogP contribution in [-0.2, 0) is 4.79 Å². The third kappa shape index (κ3) is 2.03. The van der Waals surface area contributed by atoms with Crippen molar-refractivity contribution in [3.05, 3.63) is 0 Å². The maximum Gasteiger partial charge on any atom is 0.223 e. The van der Waals surface area contributed by atoms with E-state index in [0.29, 0.717) is 17.8 Å². The topological polar surface area (TPSA) is 49.3 Å². The van der Waals surface area contributed by atoms with Gasteiger partial charge in [0.1, 0.15) is 0 Å². The number of carbonyl (C=O) groups excluding carboxylic acids is 1. The Morgan fingerprint density at radius 3 is 2.47 bits per heavy atom. The first-order valence-electron chi connectivity index (χ1n) is 6.06. The number of aliphatic hydroxyl groups excluding tert-OH is 1. The van der Waals surface area contributed by atoms with Crippen LogP contribution < -0.4 is 5.32 Å². The van der Waals surface area contributed by atoms with Crippen molar-refractivity contribution < 1.29 is 9.90 Å². The monoisotopic (exact) mass is 211 g/mol. The molecule has 3 atom stereocenters. The van der Waals surface area contributed by atoms with Crippen molar-refractivity contribution in [3.8, 4) is 0 Å². The van der Waals surface area contributed by atoms with Crippen molar-refractivity contribution >= 4 is 5.91 Å². The molecule has 3 unspecified atom stereocenters. The van der Waals surface area contributed by atoms with Crippen LogP contribution in [0.4, 0.5) is 0 Å². The molecule has 0 spiro atoms. The van der Waals surface area contributed by atoms with Gasteiger partial charge in [-0.3, -0.25) is 4.79 Å². The van der Waals surface area contributed by atoms with Crippen LogP contribution >= 0.6 is 0 Å². The van der Waals surface area contributed by atoms with Gasteiger partial charge in [-0.15, -0.1) is 0 Å². The summed E-state index contributed by atoms with van der Waals surface area (Å²) in [7, 11) is 0. The lowest BCUT2D eigenvalue weighted by atomic mass is 10.0. The Hall–Kier alpha value is -0.570. The quantitative estimate of drug-likeness (QED) is 0.733. The Balaban J connectivity index is 1.82. The molecule has 2 saturated carbocycles. The van der Waals surface area contributed by atoms with Crippen molar-refractivity contribution in [1.29, 1.82) is 0 Å². The number of hydrogen-bond acceptors (Lipinski definition) is 2. The van der Waals surface area contributed by atoms with Crippen LogP contribution in [0.3, 0.4) is 0 Å². The van der Waals surface area contributed by atoms with Gasteiger partial charge in [-0.1, -0.05) is 20.3 Å². The van der Waals surface area contributed by atoms with Crippen molar-refractivity contribution in [2.45, 2.75) is 39.2 Å². The minimum atomic E-state index is -0.0705. The highest BCUT2D eigenvalue weighted by Gasteiger charge is 2.56. The summed E-state index contributed by atoms with van der Waals surface area (Å²) in [5.41, 5.74) is 0. The SMILES string of the molecule is CC(C)C(CO)NC(=O)C1C2CCCC21. The van der Waals surface area contributed by atoms with Crippen LogP contribution in [0.1, 0.15) is 33.1 Å². The number of carbonyl (C=O) groups is 1. The number of nitrogens with one attached hydrogen (secondary N) is 1. The summed E-state index contributed by atoms with van der Waals surface area (Å²) >= 11 is 0. The molecule has 0 saturated heterocycles. The highest BCUT2D eigenvalue weighted by Crippen LogP contribution is 2.57. The highest BCUT2D eigenvalue weighted by atomic mass is 16.3. The lowest BCUT2D eigenvalue weighted by Crippen LogP contribution is -2.42. The molecule has 0 bridgehead atoms. The van der Waals surface area contributed by atoms with Gasteiger partial charge in [0.15, 0.2) is 0 Å². The number of hydrogen-bond donors (Lipinski definition) is 2. The second-order valence-corrected chi connectivity index (χ2v) is 5.33. The molecule has 3 heteroatoms. The van der Waals surface area contributed by atoms with Crippen LogP contribution in [0.15, 0.2) is 0 Å². The summed E-state index contributed by atoms with van der Waals surface area (Å²) < 4.78 is 0. The van der Waals surface area contributed by atoms with Crippen LogP contribution in [0.5, 0.6) is 0 Å². The lowest BCUT2D eigenvalue weighted by molar-refractivity contribution is -0.124. The first-order valence-corrected chi connectivity index (χ1v) is 6.06. The average Bonchev–Trinajstić information content (AvgIpc) is 2.68. The molecule has 0 heterocycles. The molecule has 1 amide bonds. The minimum Gasteiger partial charge on any atom is -0.394 e. The van der Waals surface area contributed by atoms with Gasteiger partial charge in [-0.05, 0) is 30.6 Å².